The van der Waals surface area contributed by atoms with E-state index in [2.05, 4.69) is 60.4 Å². The summed E-state index contributed by atoms with van der Waals surface area (Å²) in [7, 11) is 1.74. The molecule has 0 spiro atoms. The molecule has 0 saturated carbocycles. The zero-order valence-corrected chi connectivity index (χ0v) is 20.6. The third-order valence-electron chi connectivity index (χ3n) is 4.21. The number of aromatic nitrogens is 2. The van der Waals surface area contributed by atoms with Gasteiger partial charge in [-0.1, -0.05) is 32.9 Å². The molecule has 0 radical (unpaired) electrons. The quantitative estimate of drug-likeness (QED) is 0.291. The van der Waals surface area contributed by atoms with Crippen molar-refractivity contribution in [3.63, 3.8) is 0 Å². The monoisotopic (exact) mass is 515 g/mol. The second kappa shape index (κ2) is 12.7. The molecule has 0 bridgehead atoms. The minimum absolute atomic E-state index is 0. The van der Waals surface area contributed by atoms with Crippen LogP contribution in [0.15, 0.2) is 33.9 Å². The van der Waals surface area contributed by atoms with E-state index >= 15 is 0 Å². The predicted molar refractivity (Wildman–Crippen MR) is 127 cm³/mol. The van der Waals surface area contributed by atoms with E-state index in [1.807, 2.05) is 18.2 Å². The zero-order valence-electron chi connectivity index (χ0n) is 18.2. The van der Waals surface area contributed by atoms with Crippen molar-refractivity contribution in [1.29, 1.82) is 0 Å². The summed E-state index contributed by atoms with van der Waals surface area (Å²) in [5.74, 6) is 3.06. The fraction of sp³-hybridized carbons (Fsp3) is 0.571. The molecule has 0 aliphatic carbocycles. The first-order valence-corrected chi connectivity index (χ1v) is 9.89. The number of nitrogens with one attached hydrogen (secondary N) is 2. The molecule has 8 heteroatoms. The van der Waals surface area contributed by atoms with Crippen LogP contribution >= 0.6 is 24.0 Å². The largest absolute Gasteiger partial charge is 0.475 e. The first-order chi connectivity index (χ1) is 13.4. The Bertz CT molecular complexity index is 761. The number of hydrogen-bond donors (Lipinski definition) is 2. The van der Waals surface area contributed by atoms with E-state index in [-0.39, 0.29) is 30.1 Å². The van der Waals surface area contributed by atoms with E-state index < -0.39 is 0 Å². The highest BCUT2D eigenvalue weighted by Gasteiger charge is 2.10. The van der Waals surface area contributed by atoms with Crippen LogP contribution in [0.4, 0.5) is 0 Å². The number of nitrogens with zero attached hydrogens (tertiary/aromatic N) is 3. The van der Waals surface area contributed by atoms with Crippen LogP contribution in [0.2, 0.25) is 0 Å². The Balaban J connectivity index is 0.00000420. The van der Waals surface area contributed by atoms with Crippen LogP contribution in [0.5, 0.6) is 5.88 Å². The molecule has 0 fully saturated rings. The average molecular weight is 515 g/mol. The van der Waals surface area contributed by atoms with Gasteiger partial charge in [0.25, 0.3) is 0 Å². The molecule has 0 amide bonds. The third-order valence-corrected chi connectivity index (χ3v) is 4.21. The summed E-state index contributed by atoms with van der Waals surface area (Å²) in [6, 6.07) is 5.89. The van der Waals surface area contributed by atoms with Gasteiger partial charge < -0.3 is 19.9 Å². The van der Waals surface area contributed by atoms with Gasteiger partial charge in [-0.3, -0.25) is 4.99 Å². The van der Waals surface area contributed by atoms with Gasteiger partial charge in [0.15, 0.2) is 11.7 Å². The van der Waals surface area contributed by atoms with Crippen molar-refractivity contribution < 1.29 is 9.26 Å². The lowest BCUT2D eigenvalue weighted by Gasteiger charge is -2.16. The Morgan fingerprint density at radius 3 is 2.48 bits per heavy atom. The van der Waals surface area contributed by atoms with Crippen LogP contribution < -0.4 is 15.4 Å². The second-order valence-corrected chi connectivity index (χ2v) is 7.71. The number of halogens is 1. The SMILES string of the molecule is CN=C(NCc1ccnc(OC(C)CC(C)C)c1)NCc1cc(C(C)C)no1.I. The molecule has 0 aliphatic heterocycles. The molecule has 29 heavy (non-hydrogen) atoms. The van der Waals surface area contributed by atoms with Crippen LogP contribution in [0.25, 0.3) is 0 Å². The van der Waals surface area contributed by atoms with Gasteiger partial charge in [0.2, 0.25) is 5.88 Å². The van der Waals surface area contributed by atoms with Crippen molar-refractivity contribution in [1.82, 2.24) is 20.8 Å². The maximum Gasteiger partial charge on any atom is 0.213 e. The lowest BCUT2D eigenvalue weighted by molar-refractivity contribution is 0.185. The standard InChI is InChI=1S/C21H33N5O2.HI/c1-14(2)9-16(5)27-20-10-17(7-8-23-20)12-24-21(22-6)25-13-18-11-19(15(3)4)26-28-18;/h7-8,10-11,14-16H,9,12-13H2,1-6H3,(H2,22,24,25);1H. The molecule has 2 aromatic heterocycles. The molecule has 7 nitrogen and oxygen atoms in total. The Morgan fingerprint density at radius 2 is 1.86 bits per heavy atom. The van der Waals surface area contributed by atoms with Gasteiger partial charge >= 0.3 is 0 Å². The van der Waals surface area contributed by atoms with Crippen molar-refractivity contribution in [3.05, 3.63) is 41.4 Å². The van der Waals surface area contributed by atoms with Gasteiger partial charge in [0.1, 0.15) is 0 Å². The highest BCUT2D eigenvalue weighted by atomic mass is 127. The van der Waals surface area contributed by atoms with Gasteiger partial charge in [0, 0.05) is 31.9 Å². The smallest absolute Gasteiger partial charge is 0.213 e. The molecular weight excluding hydrogens is 481 g/mol. The summed E-state index contributed by atoms with van der Waals surface area (Å²) in [5, 5.41) is 10.6. The van der Waals surface area contributed by atoms with Crippen molar-refractivity contribution >= 4 is 29.9 Å². The van der Waals surface area contributed by atoms with E-state index in [0.29, 0.717) is 36.8 Å². The summed E-state index contributed by atoms with van der Waals surface area (Å²) in [4.78, 5) is 8.56. The average Bonchev–Trinajstić information content (AvgIpc) is 3.11. The Kier molecular flexibility index (Phi) is 11.0. The van der Waals surface area contributed by atoms with Gasteiger partial charge in [-0.05, 0) is 36.8 Å². The van der Waals surface area contributed by atoms with Crippen molar-refractivity contribution in [2.45, 2.75) is 66.2 Å². The molecule has 2 aromatic rings. The lowest BCUT2D eigenvalue weighted by Crippen LogP contribution is -2.36. The van der Waals surface area contributed by atoms with E-state index in [1.54, 1.807) is 13.2 Å². The van der Waals surface area contributed by atoms with Crippen molar-refractivity contribution in [2.24, 2.45) is 10.9 Å². The van der Waals surface area contributed by atoms with Gasteiger partial charge in [-0.2, -0.15) is 0 Å². The second-order valence-electron chi connectivity index (χ2n) is 7.71. The first kappa shape index (κ1) is 25.2. The fourth-order valence-corrected chi connectivity index (χ4v) is 2.80. The van der Waals surface area contributed by atoms with Crippen LogP contribution in [0.3, 0.4) is 0 Å². The molecule has 162 valence electrons. The topological polar surface area (TPSA) is 84.6 Å². The van der Waals surface area contributed by atoms with E-state index in [9.17, 15) is 0 Å². The number of pyridine rings is 1. The highest BCUT2D eigenvalue weighted by molar-refractivity contribution is 14.0. The van der Waals surface area contributed by atoms with Crippen LogP contribution in [0, 0.1) is 5.92 Å². The molecule has 2 heterocycles. The summed E-state index contributed by atoms with van der Waals surface area (Å²) >= 11 is 0. The summed E-state index contributed by atoms with van der Waals surface area (Å²) in [5.41, 5.74) is 2.03. The van der Waals surface area contributed by atoms with Crippen LogP contribution in [-0.4, -0.2) is 29.3 Å². The van der Waals surface area contributed by atoms with Gasteiger partial charge in [-0.25, -0.2) is 4.98 Å². The Labute approximate surface area is 191 Å². The predicted octanol–water partition coefficient (Wildman–Crippen LogP) is 4.49. The number of ether oxygens (including phenoxy) is 1. The van der Waals surface area contributed by atoms with Crippen molar-refractivity contribution in [2.75, 3.05) is 7.05 Å². The van der Waals surface area contributed by atoms with E-state index in [1.165, 1.54) is 0 Å². The maximum atomic E-state index is 5.92. The molecule has 2 rings (SSSR count). The van der Waals surface area contributed by atoms with E-state index in [0.717, 1.165) is 23.4 Å². The number of aliphatic imine (C=N–C) groups is 1. The molecule has 2 N–H and O–H groups in total. The first-order valence-electron chi connectivity index (χ1n) is 9.89. The molecule has 1 atom stereocenters. The highest BCUT2D eigenvalue weighted by Crippen LogP contribution is 2.15. The zero-order chi connectivity index (χ0) is 20.5. The Morgan fingerprint density at radius 1 is 1.14 bits per heavy atom. The third kappa shape index (κ3) is 9.01. The molecular formula is C21H34IN5O2. The van der Waals surface area contributed by atoms with E-state index in [4.69, 9.17) is 9.26 Å². The summed E-state index contributed by atoms with van der Waals surface area (Å²) in [6.07, 6.45) is 2.91. The van der Waals surface area contributed by atoms with Gasteiger partial charge in [0.05, 0.1) is 18.3 Å². The lowest BCUT2D eigenvalue weighted by atomic mass is 10.1. The molecule has 1 unspecified atom stereocenters. The minimum Gasteiger partial charge on any atom is -0.475 e. The Hall–Kier alpha value is -1.84. The van der Waals surface area contributed by atoms with Gasteiger partial charge in [-0.15, -0.1) is 24.0 Å². The van der Waals surface area contributed by atoms with Crippen LogP contribution in [0.1, 0.15) is 64.0 Å². The van der Waals surface area contributed by atoms with Crippen LogP contribution in [-0.2, 0) is 13.1 Å². The minimum atomic E-state index is 0. The molecule has 0 saturated heterocycles. The molecule has 0 aliphatic rings. The maximum absolute atomic E-state index is 5.92. The normalized spacial score (nSPS) is 12.6. The van der Waals surface area contributed by atoms with Crippen molar-refractivity contribution in [3.8, 4) is 5.88 Å². The summed E-state index contributed by atoms with van der Waals surface area (Å²) < 4.78 is 11.3. The number of guanidine groups is 1. The molecule has 0 aromatic carbocycles. The fourth-order valence-electron chi connectivity index (χ4n) is 2.80. The summed E-state index contributed by atoms with van der Waals surface area (Å²) in [6.45, 7) is 11.8. The number of hydrogen-bond acceptors (Lipinski definition) is 5. The number of rotatable bonds is 9.